The molecule has 2 rings (SSSR count). The minimum absolute atomic E-state index is 0.493. The van der Waals surface area contributed by atoms with Crippen molar-refractivity contribution in [2.24, 2.45) is 0 Å². The molecule has 0 saturated heterocycles. The van der Waals surface area contributed by atoms with Gasteiger partial charge in [-0.05, 0) is 22.0 Å². The molecule has 2 aromatic rings. The van der Waals surface area contributed by atoms with Crippen LogP contribution < -0.4 is 5.32 Å². The Morgan fingerprint density at radius 2 is 2.16 bits per heavy atom. The predicted molar refractivity (Wildman–Crippen MR) is 84.9 cm³/mol. The minimum Gasteiger partial charge on any atom is -0.314 e. The zero-order chi connectivity index (χ0) is 13.8. The molecular formula is C13H15BrClN3S. The number of hydrogen-bond acceptors (Lipinski definition) is 4. The van der Waals surface area contributed by atoms with E-state index in [1.165, 1.54) is 0 Å². The number of nitrogens with zero attached hydrogens (tertiary/aromatic N) is 2. The molecule has 0 bridgehead atoms. The number of halogens is 2. The number of aromatic nitrogens is 2. The third-order valence-electron chi connectivity index (χ3n) is 2.54. The molecule has 6 heteroatoms. The van der Waals surface area contributed by atoms with E-state index in [-0.39, 0.29) is 0 Å². The van der Waals surface area contributed by atoms with Crippen LogP contribution in [0.2, 0.25) is 5.02 Å². The summed E-state index contributed by atoms with van der Waals surface area (Å²) in [6.45, 7) is 5.18. The van der Waals surface area contributed by atoms with Crippen molar-refractivity contribution in [3.63, 3.8) is 0 Å². The van der Waals surface area contributed by atoms with E-state index in [2.05, 4.69) is 45.3 Å². The van der Waals surface area contributed by atoms with Crippen LogP contribution in [0.15, 0.2) is 22.7 Å². The summed E-state index contributed by atoms with van der Waals surface area (Å²) in [4.78, 5) is 0. The van der Waals surface area contributed by atoms with E-state index in [0.29, 0.717) is 11.1 Å². The smallest absolute Gasteiger partial charge is 0.149 e. The van der Waals surface area contributed by atoms with Gasteiger partial charge in [0.25, 0.3) is 0 Å². The fraction of sp³-hybridized carbons (Fsp3) is 0.385. The maximum absolute atomic E-state index is 6.26. The van der Waals surface area contributed by atoms with Gasteiger partial charge in [0, 0.05) is 29.0 Å². The summed E-state index contributed by atoms with van der Waals surface area (Å²) in [5, 5.41) is 14.4. The summed E-state index contributed by atoms with van der Waals surface area (Å²) in [5.41, 5.74) is 0.927. The molecule has 1 heterocycles. The summed E-state index contributed by atoms with van der Waals surface area (Å²) in [5.74, 6) is 0. The van der Waals surface area contributed by atoms with Crippen LogP contribution in [0.4, 0.5) is 0 Å². The van der Waals surface area contributed by atoms with E-state index in [0.717, 1.165) is 33.0 Å². The minimum atomic E-state index is 0.493. The Morgan fingerprint density at radius 3 is 2.89 bits per heavy atom. The molecule has 0 saturated carbocycles. The number of rotatable bonds is 5. The van der Waals surface area contributed by atoms with Gasteiger partial charge in [0.2, 0.25) is 0 Å². The molecule has 0 aliphatic rings. The van der Waals surface area contributed by atoms with Crippen molar-refractivity contribution in [2.45, 2.75) is 26.3 Å². The Hall–Kier alpha value is -0.490. The van der Waals surface area contributed by atoms with Crippen LogP contribution in [0.5, 0.6) is 0 Å². The summed E-state index contributed by atoms with van der Waals surface area (Å²) in [6.07, 6.45) is 0.890. The lowest BCUT2D eigenvalue weighted by Gasteiger charge is -2.05. The first kappa shape index (κ1) is 14.9. The Morgan fingerprint density at radius 1 is 1.37 bits per heavy atom. The third-order valence-corrected chi connectivity index (χ3v) is 4.85. The number of nitrogens with one attached hydrogen (secondary N) is 1. The predicted octanol–water partition coefficient (Wildman–Crippen LogP) is 4.16. The zero-order valence-electron chi connectivity index (χ0n) is 10.8. The molecule has 0 radical (unpaired) electrons. The molecule has 0 atom stereocenters. The largest absolute Gasteiger partial charge is 0.314 e. The molecule has 1 aromatic carbocycles. The van der Waals surface area contributed by atoms with Crippen LogP contribution in [-0.4, -0.2) is 22.8 Å². The first-order valence-corrected chi connectivity index (χ1v) is 8.07. The fourth-order valence-electron chi connectivity index (χ4n) is 1.60. The van der Waals surface area contributed by atoms with Crippen LogP contribution in [0, 0.1) is 0 Å². The Balaban J connectivity index is 2.10. The monoisotopic (exact) mass is 359 g/mol. The summed E-state index contributed by atoms with van der Waals surface area (Å²) in [6, 6.07) is 6.32. The van der Waals surface area contributed by atoms with Gasteiger partial charge in [-0.25, -0.2) is 0 Å². The maximum Gasteiger partial charge on any atom is 0.149 e. The lowest BCUT2D eigenvalue weighted by Crippen LogP contribution is -2.24. The molecule has 0 aliphatic carbocycles. The topological polar surface area (TPSA) is 37.8 Å². The number of hydrogen-bond donors (Lipinski definition) is 1. The molecular weight excluding hydrogens is 346 g/mol. The molecule has 0 amide bonds. The van der Waals surface area contributed by atoms with Gasteiger partial charge in [-0.15, -0.1) is 10.2 Å². The van der Waals surface area contributed by atoms with Crippen molar-refractivity contribution in [3.05, 3.63) is 32.7 Å². The average molecular weight is 361 g/mol. The van der Waals surface area contributed by atoms with Crippen molar-refractivity contribution in [1.82, 2.24) is 15.5 Å². The second kappa shape index (κ2) is 6.79. The molecule has 1 aromatic heterocycles. The van der Waals surface area contributed by atoms with Crippen LogP contribution in [0.3, 0.4) is 0 Å². The Bertz CT molecular complexity index is 557. The standard InChI is InChI=1S/C13H15BrClN3S/c1-8(2)16-7-6-11-17-18-13(19-11)9-4-3-5-10(14)12(9)15/h3-5,8,16H,6-7H2,1-2H3. The third kappa shape index (κ3) is 3.99. The average Bonchev–Trinajstić information content (AvgIpc) is 2.81. The highest BCUT2D eigenvalue weighted by molar-refractivity contribution is 9.10. The van der Waals surface area contributed by atoms with Gasteiger partial charge in [0.1, 0.15) is 10.0 Å². The van der Waals surface area contributed by atoms with Crippen LogP contribution in [-0.2, 0) is 6.42 Å². The quantitative estimate of drug-likeness (QED) is 0.870. The summed E-state index contributed by atoms with van der Waals surface area (Å²) >= 11 is 11.3. The summed E-state index contributed by atoms with van der Waals surface area (Å²) < 4.78 is 0.880. The van der Waals surface area contributed by atoms with Gasteiger partial charge in [-0.2, -0.15) is 0 Å². The zero-order valence-corrected chi connectivity index (χ0v) is 13.9. The second-order valence-corrected chi connectivity index (χ2v) is 6.76. The lowest BCUT2D eigenvalue weighted by molar-refractivity contribution is 0.588. The molecule has 19 heavy (non-hydrogen) atoms. The van der Waals surface area contributed by atoms with Crippen molar-refractivity contribution in [1.29, 1.82) is 0 Å². The van der Waals surface area contributed by atoms with E-state index >= 15 is 0 Å². The lowest BCUT2D eigenvalue weighted by atomic mass is 10.2. The van der Waals surface area contributed by atoms with Crippen LogP contribution in [0.25, 0.3) is 10.6 Å². The SMILES string of the molecule is CC(C)NCCc1nnc(-c2cccc(Br)c2Cl)s1. The molecule has 0 aliphatic heterocycles. The Labute approximate surface area is 130 Å². The van der Waals surface area contributed by atoms with Crippen molar-refractivity contribution in [2.75, 3.05) is 6.54 Å². The van der Waals surface area contributed by atoms with Crippen molar-refractivity contribution in [3.8, 4) is 10.6 Å². The van der Waals surface area contributed by atoms with Gasteiger partial charge < -0.3 is 5.32 Å². The molecule has 0 spiro atoms. The van der Waals surface area contributed by atoms with Gasteiger partial charge in [0.15, 0.2) is 0 Å². The van der Waals surface area contributed by atoms with Crippen molar-refractivity contribution < 1.29 is 0 Å². The van der Waals surface area contributed by atoms with Gasteiger partial charge in [-0.1, -0.05) is 48.9 Å². The molecule has 0 unspecified atom stereocenters. The second-order valence-electron chi connectivity index (χ2n) is 4.46. The van der Waals surface area contributed by atoms with Crippen LogP contribution in [0.1, 0.15) is 18.9 Å². The fourth-order valence-corrected chi connectivity index (χ4v) is 3.11. The van der Waals surface area contributed by atoms with Gasteiger partial charge in [0.05, 0.1) is 5.02 Å². The highest BCUT2D eigenvalue weighted by atomic mass is 79.9. The number of benzene rings is 1. The van der Waals surface area contributed by atoms with Crippen LogP contribution >= 0.6 is 38.9 Å². The highest BCUT2D eigenvalue weighted by Gasteiger charge is 2.11. The van der Waals surface area contributed by atoms with E-state index in [4.69, 9.17) is 11.6 Å². The van der Waals surface area contributed by atoms with Gasteiger partial charge >= 0.3 is 0 Å². The summed E-state index contributed by atoms with van der Waals surface area (Å²) in [7, 11) is 0. The molecule has 102 valence electrons. The molecule has 1 N–H and O–H groups in total. The van der Waals surface area contributed by atoms with E-state index in [9.17, 15) is 0 Å². The van der Waals surface area contributed by atoms with E-state index < -0.39 is 0 Å². The molecule has 0 fully saturated rings. The van der Waals surface area contributed by atoms with Gasteiger partial charge in [-0.3, -0.25) is 0 Å². The van der Waals surface area contributed by atoms with E-state index in [1.807, 2.05) is 18.2 Å². The normalized spacial score (nSPS) is 11.2. The van der Waals surface area contributed by atoms with Crippen molar-refractivity contribution >= 4 is 38.9 Å². The Kier molecular flexibility index (Phi) is 5.33. The molecule has 3 nitrogen and oxygen atoms in total. The maximum atomic E-state index is 6.26. The first-order chi connectivity index (χ1) is 9.08. The first-order valence-electron chi connectivity index (χ1n) is 6.08. The highest BCUT2D eigenvalue weighted by Crippen LogP contribution is 2.34. The van der Waals surface area contributed by atoms with E-state index in [1.54, 1.807) is 11.3 Å².